The Hall–Kier alpha value is -1.39. The molecule has 3 aromatic heterocycles. The number of hydrogen-bond acceptors (Lipinski definition) is 7. The minimum Gasteiger partial charge on any atom is -0.350 e. The molecular formula is C14H10Cl2N4O2S3. The van der Waals surface area contributed by atoms with Gasteiger partial charge < -0.3 is 5.32 Å². The molecule has 2 N–H and O–H groups in total. The summed E-state index contributed by atoms with van der Waals surface area (Å²) in [5.74, 6) is -0.0295. The number of carbonyl (C=O) groups excluding carboxylic acids is 1. The fourth-order valence-electron chi connectivity index (χ4n) is 1.85. The van der Waals surface area contributed by atoms with Crippen LogP contribution in [-0.4, -0.2) is 26.8 Å². The number of hydrogen-bond donors (Lipinski definition) is 2. The first-order valence-electron chi connectivity index (χ1n) is 6.87. The second-order valence-electron chi connectivity index (χ2n) is 4.69. The number of amides is 1. The first kappa shape index (κ1) is 18.4. The Labute approximate surface area is 164 Å². The Bertz CT molecular complexity index is 940. The van der Waals surface area contributed by atoms with Crippen molar-refractivity contribution in [1.29, 1.82) is 0 Å². The quantitative estimate of drug-likeness (QED) is 0.580. The second-order valence-corrected chi connectivity index (χ2v) is 8.97. The molecule has 0 fully saturated rings. The molecule has 6 nitrogen and oxygen atoms in total. The molecule has 0 bridgehead atoms. The Morgan fingerprint density at radius 1 is 1.36 bits per heavy atom. The van der Waals surface area contributed by atoms with Crippen LogP contribution in [0.5, 0.6) is 0 Å². The van der Waals surface area contributed by atoms with Gasteiger partial charge in [-0.25, -0.2) is 0 Å². The van der Waals surface area contributed by atoms with E-state index in [4.69, 9.17) is 23.2 Å². The van der Waals surface area contributed by atoms with Gasteiger partial charge in [0, 0.05) is 10.4 Å². The average molecular weight is 433 g/mol. The van der Waals surface area contributed by atoms with Gasteiger partial charge in [0.25, 0.3) is 5.56 Å². The van der Waals surface area contributed by atoms with Crippen molar-refractivity contribution in [3.8, 4) is 11.3 Å². The van der Waals surface area contributed by atoms with Crippen molar-refractivity contribution in [2.45, 2.75) is 11.7 Å². The van der Waals surface area contributed by atoms with Crippen LogP contribution in [0.1, 0.15) is 4.88 Å². The van der Waals surface area contributed by atoms with Crippen LogP contribution in [0.2, 0.25) is 8.67 Å². The third-order valence-electron chi connectivity index (χ3n) is 2.97. The molecule has 0 unspecified atom stereocenters. The first-order chi connectivity index (χ1) is 12.0. The van der Waals surface area contributed by atoms with Crippen molar-refractivity contribution in [2.75, 3.05) is 5.75 Å². The number of nitrogens with one attached hydrogen (secondary N) is 2. The van der Waals surface area contributed by atoms with Crippen LogP contribution in [0.3, 0.4) is 0 Å². The van der Waals surface area contributed by atoms with Crippen molar-refractivity contribution in [2.24, 2.45) is 0 Å². The van der Waals surface area contributed by atoms with E-state index >= 15 is 0 Å². The topological polar surface area (TPSA) is 87.7 Å². The lowest BCUT2D eigenvalue weighted by molar-refractivity contribution is -0.118. The Balaban J connectivity index is 1.60. The molecule has 0 saturated heterocycles. The molecular weight excluding hydrogens is 423 g/mol. The molecule has 3 rings (SSSR count). The number of halogens is 2. The number of thioether (sulfide) groups is 1. The summed E-state index contributed by atoms with van der Waals surface area (Å²) < 4.78 is 0.834. The molecule has 0 atom stereocenters. The summed E-state index contributed by atoms with van der Waals surface area (Å²) in [5, 5.41) is 12.8. The Morgan fingerprint density at radius 2 is 2.20 bits per heavy atom. The molecule has 130 valence electrons. The van der Waals surface area contributed by atoms with Crippen molar-refractivity contribution in [3.05, 3.63) is 47.5 Å². The molecule has 0 aliphatic heterocycles. The monoisotopic (exact) mass is 432 g/mol. The van der Waals surface area contributed by atoms with Crippen LogP contribution >= 0.6 is 57.6 Å². The smallest absolute Gasteiger partial charge is 0.278 e. The third kappa shape index (κ3) is 4.83. The lowest BCUT2D eigenvalue weighted by atomic mass is 10.2. The molecule has 25 heavy (non-hydrogen) atoms. The van der Waals surface area contributed by atoms with Gasteiger partial charge in [0.2, 0.25) is 5.91 Å². The fourth-order valence-corrected chi connectivity index (χ4v) is 4.59. The fraction of sp³-hybridized carbons (Fsp3) is 0.143. The third-order valence-corrected chi connectivity index (χ3v) is 6.20. The van der Waals surface area contributed by atoms with E-state index in [9.17, 15) is 9.59 Å². The Morgan fingerprint density at radius 3 is 2.84 bits per heavy atom. The highest BCUT2D eigenvalue weighted by Gasteiger charge is 2.15. The van der Waals surface area contributed by atoms with E-state index < -0.39 is 5.56 Å². The van der Waals surface area contributed by atoms with Gasteiger partial charge in [-0.05, 0) is 17.5 Å². The molecule has 3 heterocycles. The maximum absolute atomic E-state index is 12.2. The molecule has 11 heteroatoms. The number of carbonyl (C=O) groups is 1. The van der Waals surface area contributed by atoms with Crippen LogP contribution in [-0.2, 0) is 11.3 Å². The number of rotatable bonds is 6. The van der Waals surface area contributed by atoms with Gasteiger partial charge >= 0.3 is 0 Å². The minimum absolute atomic E-state index is 0.0969. The van der Waals surface area contributed by atoms with Crippen molar-refractivity contribution < 1.29 is 4.79 Å². The van der Waals surface area contributed by atoms with Gasteiger partial charge in [-0.3, -0.25) is 14.6 Å². The summed E-state index contributed by atoms with van der Waals surface area (Å²) in [6.45, 7) is 0.482. The number of nitrogens with zero attached hydrogens (tertiary/aromatic N) is 2. The molecule has 0 saturated carbocycles. The van der Waals surface area contributed by atoms with Crippen molar-refractivity contribution >= 4 is 63.5 Å². The molecule has 3 aromatic rings. The number of aromatic nitrogens is 3. The maximum atomic E-state index is 12.2. The van der Waals surface area contributed by atoms with Gasteiger partial charge in [-0.2, -0.15) is 0 Å². The van der Waals surface area contributed by atoms with Gasteiger partial charge in [-0.1, -0.05) is 41.0 Å². The van der Waals surface area contributed by atoms with Crippen molar-refractivity contribution in [3.63, 3.8) is 0 Å². The zero-order valence-corrected chi connectivity index (χ0v) is 16.4. The zero-order chi connectivity index (χ0) is 17.8. The lowest BCUT2D eigenvalue weighted by Crippen LogP contribution is -2.24. The standard InChI is InChI=1S/C14H10Cl2N4O2S3/c15-9-4-8(12(16)25-9)11-13(22)18-14(20-19-11)24-6-10(21)17-5-7-2-1-3-23-7/h1-4H,5-6H2,(H,17,21)(H,18,20,22). The summed E-state index contributed by atoms with van der Waals surface area (Å²) in [6, 6.07) is 5.44. The highest BCUT2D eigenvalue weighted by molar-refractivity contribution is 7.99. The number of aromatic amines is 1. The van der Waals surface area contributed by atoms with Crippen LogP contribution in [0.15, 0.2) is 33.5 Å². The zero-order valence-electron chi connectivity index (χ0n) is 12.4. The van der Waals surface area contributed by atoms with Crippen molar-refractivity contribution in [1.82, 2.24) is 20.5 Å². The first-order valence-corrected chi connectivity index (χ1v) is 10.3. The maximum Gasteiger partial charge on any atom is 0.278 e. The molecule has 0 radical (unpaired) electrons. The molecule has 0 aliphatic rings. The summed E-state index contributed by atoms with van der Waals surface area (Å²) in [6.07, 6.45) is 0. The van der Waals surface area contributed by atoms with Gasteiger partial charge in [0.15, 0.2) is 10.9 Å². The highest BCUT2D eigenvalue weighted by Crippen LogP contribution is 2.35. The van der Waals surface area contributed by atoms with Gasteiger partial charge in [-0.15, -0.1) is 32.9 Å². The summed E-state index contributed by atoms with van der Waals surface area (Å²) in [7, 11) is 0. The molecule has 0 spiro atoms. The van der Waals surface area contributed by atoms with E-state index in [1.165, 1.54) is 0 Å². The summed E-state index contributed by atoms with van der Waals surface area (Å²) in [5.41, 5.74) is 0.100. The SMILES string of the molecule is O=C(CSc1nnc(-c2cc(Cl)sc2Cl)c(=O)[nH]1)NCc1cccs1. The van der Waals surface area contributed by atoms with Gasteiger partial charge in [0.1, 0.15) is 4.34 Å². The molecule has 0 aromatic carbocycles. The normalized spacial score (nSPS) is 10.8. The van der Waals surface area contributed by atoms with Crippen LogP contribution < -0.4 is 10.9 Å². The Kier molecular flexibility index (Phi) is 6.13. The lowest BCUT2D eigenvalue weighted by Gasteiger charge is -2.03. The average Bonchev–Trinajstić information content (AvgIpc) is 3.20. The van der Waals surface area contributed by atoms with E-state index in [2.05, 4.69) is 20.5 Å². The second kappa shape index (κ2) is 8.33. The number of thiophene rings is 2. The highest BCUT2D eigenvalue weighted by atomic mass is 35.5. The predicted molar refractivity (Wildman–Crippen MR) is 103 cm³/mol. The van der Waals surface area contributed by atoms with Crippen LogP contribution in [0.4, 0.5) is 0 Å². The van der Waals surface area contributed by atoms with E-state index in [0.717, 1.165) is 28.0 Å². The molecule has 1 amide bonds. The van der Waals surface area contributed by atoms with Crippen LogP contribution in [0.25, 0.3) is 11.3 Å². The number of H-pyrrole nitrogens is 1. The minimum atomic E-state index is -0.437. The summed E-state index contributed by atoms with van der Waals surface area (Å²) in [4.78, 5) is 27.7. The van der Waals surface area contributed by atoms with E-state index in [1.807, 2.05) is 17.5 Å². The molecule has 0 aliphatic carbocycles. The van der Waals surface area contributed by atoms with E-state index in [-0.39, 0.29) is 22.5 Å². The van der Waals surface area contributed by atoms with E-state index in [0.29, 0.717) is 20.8 Å². The van der Waals surface area contributed by atoms with Gasteiger partial charge in [0.05, 0.1) is 16.6 Å². The predicted octanol–water partition coefficient (Wildman–Crippen LogP) is 3.67. The largest absolute Gasteiger partial charge is 0.350 e. The van der Waals surface area contributed by atoms with Crippen LogP contribution in [0, 0.1) is 0 Å². The summed E-state index contributed by atoms with van der Waals surface area (Å²) >= 11 is 15.7. The van der Waals surface area contributed by atoms with E-state index in [1.54, 1.807) is 17.4 Å².